The smallest absolute Gasteiger partial charge is 0.287 e. The number of hydrogen-bond acceptors (Lipinski definition) is 4. The summed E-state index contributed by atoms with van der Waals surface area (Å²) in [5, 5.41) is 5.92. The summed E-state index contributed by atoms with van der Waals surface area (Å²) in [6, 6.07) is 5.99. The van der Waals surface area contributed by atoms with Gasteiger partial charge in [0, 0.05) is 32.5 Å². The predicted molar refractivity (Wildman–Crippen MR) is 113 cm³/mol. The Bertz CT molecular complexity index is 888. The van der Waals surface area contributed by atoms with Crippen LogP contribution in [0.15, 0.2) is 18.2 Å². The molecule has 0 radical (unpaired) electrons. The van der Waals surface area contributed by atoms with E-state index < -0.39 is 0 Å². The molecular formula is C22H30N4O3. The molecule has 7 heteroatoms. The summed E-state index contributed by atoms with van der Waals surface area (Å²) in [7, 11) is 1.64. The van der Waals surface area contributed by atoms with E-state index in [0.29, 0.717) is 31.2 Å². The first kappa shape index (κ1) is 21.0. The van der Waals surface area contributed by atoms with E-state index in [1.807, 2.05) is 29.7 Å². The molecule has 29 heavy (non-hydrogen) atoms. The van der Waals surface area contributed by atoms with Crippen molar-refractivity contribution < 1.29 is 14.3 Å². The number of aromatic nitrogens is 2. The van der Waals surface area contributed by atoms with Gasteiger partial charge in [-0.2, -0.15) is 0 Å². The number of carbonyl (C=O) groups is 2. The van der Waals surface area contributed by atoms with Crippen molar-refractivity contribution >= 4 is 17.5 Å². The van der Waals surface area contributed by atoms with Gasteiger partial charge in [0.1, 0.15) is 0 Å². The number of aryl methyl sites for hydroxylation is 2. The normalized spacial score (nSPS) is 13.1. The number of rotatable bonds is 8. The van der Waals surface area contributed by atoms with Crippen molar-refractivity contribution in [2.45, 2.75) is 52.5 Å². The SMILES string of the molecule is CCc1cccc(C)c1NC(=O)c1nc(C(=O)NCCCOC)n2c1CCCC2. The second-order valence-electron chi connectivity index (χ2n) is 7.36. The maximum Gasteiger partial charge on any atom is 0.287 e. The Labute approximate surface area is 171 Å². The van der Waals surface area contributed by atoms with E-state index in [1.165, 1.54) is 0 Å². The fourth-order valence-corrected chi connectivity index (χ4v) is 3.77. The van der Waals surface area contributed by atoms with Crippen LogP contribution in [0.5, 0.6) is 0 Å². The van der Waals surface area contributed by atoms with Gasteiger partial charge in [-0.25, -0.2) is 4.98 Å². The Kier molecular flexibility index (Phi) is 7.04. The number of methoxy groups -OCH3 is 1. The van der Waals surface area contributed by atoms with Gasteiger partial charge in [0.05, 0.1) is 5.69 Å². The third-order valence-corrected chi connectivity index (χ3v) is 5.33. The molecule has 156 valence electrons. The molecule has 0 saturated carbocycles. The molecule has 0 fully saturated rings. The van der Waals surface area contributed by atoms with Gasteiger partial charge >= 0.3 is 0 Å². The number of hydrogen-bond donors (Lipinski definition) is 2. The molecule has 0 bridgehead atoms. The average Bonchev–Trinajstić information content (AvgIpc) is 3.12. The molecule has 2 N–H and O–H groups in total. The fourth-order valence-electron chi connectivity index (χ4n) is 3.77. The predicted octanol–water partition coefficient (Wildman–Crippen LogP) is 3.11. The summed E-state index contributed by atoms with van der Waals surface area (Å²) in [5.41, 5.74) is 4.15. The first-order chi connectivity index (χ1) is 14.1. The first-order valence-corrected chi connectivity index (χ1v) is 10.3. The Morgan fingerprint density at radius 2 is 2.07 bits per heavy atom. The molecule has 2 heterocycles. The van der Waals surface area contributed by atoms with Crippen LogP contribution in [0, 0.1) is 6.92 Å². The van der Waals surface area contributed by atoms with E-state index in [2.05, 4.69) is 22.5 Å². The van der Waals surface area contributed by atoms with E-state index >= 15 is 0 Å². The zero-order chi connectivity index (χ0) is 20.8. The van der Waals surface area contributed by atoms with Gasteiger partial charge in [-0.05, 0) is 50.2 Å². The lowest BCUT2D eigenvalue weighted by Gasteiger charge is -2.17. The molecule has 7 nitrogen and oxygen atoms in total. The summed E-state index contributed by atoms with van der Waals surface area (Å²) < 4.78 is 6.92. The molecule has 0 atom stereocenters. The maximum absolute atomic E-state index is 13.1. The van der Waals surface area contributed by atoms with Crippen LogP contribution in [-0.4, -0.2) is 41.6 Å². The van der Waals surface area contributed by atoms with Crippen molar-refractivity contribution in [1.29, 1.82) is 0 Å². The molecule has 1 aromatic heterocycles. The highest BCUT2D eigenvalue weighted by Gasteiger charge is 2.27. The molecule has 2 amide bonds. The van der Waals surface area contributed by atoms with Crippen molar-refractivity contribution in [2.75, 3.05) is 25.6 Å². The minimum Gasteiger partial charge on any atom is -0.385 e. The van der Waals surface area contributed by atoms with Crippen LogP contribution >= 0.6 is 0 Å². The van der Waals surface area contributed by atoms with E-state index in [0.717, 1.165) is 54.6 Å². The van der Waals surface area contributed by atoms with Gasteiger partial charge in [-0.15, -0.1) is 0 Å². The minimum absolute atomic E-state index is 0.242. The van der Waals surface area contributed by atoms with Crippen LogP contribution in [0.3, 0.4) is 0 Å². The number of fused-ring (bicyclic) bond motifs is 1. The lowest BCUT2D eigenvalue weighted by Crippen LogP contribution is -2.29. The van der Waals surface area contributed by atoms with Crippen molar-refractivity contribution in [2.24, 2.45) is 0 Å². The summed E-state index contributed by atoms with van der Waals surface area (Å²) in [6.07, 6.45) is 4.28. The molecule has 0 saturated heterocycles. The lowest BCUT2D eigenvalue weighted by atomic mass is 10.0. The highest BCUT2D eigenvalue weighted by molar-refractivity contribution is 6.05. The zero-order valence-electron chi connectivity index (χ0n) is 17.5. The van der Waals surface area contributed by atoms with E-state index in [4.69, 9.17) is 4.74 Å². The third kappa shape index (κ3) is 4.67. The number of nitrogens with zero attached hydrogens (tertiary/aromatic N) is 2. The third-order valence-electron chi connectivity index (χ3n) is 5.33. The number of amides is 2. The number of imidazole rings is 1. The highest BCUT2D eigenvalue weighted by Crippen LogP contribution is 2.25. The van der Waals surface area contributed by atoms with Crippen molar-refractivity contribution in [1.82, 2.24) is 14.9 Å². The number of carbonyl (C=O) groups excluding carboxylic acids is 2. The number of para-hydroxylation sites is 1. The summed E-state index contributed by atoms with van der Waals surface area (Å²) >= 11 is 0. The van der Waals surface area contributed by atoms with Crippen LogP contribution in [-0.2, 0) is 24.1 Å². The fraction of sp³-hybridized carbons (Fsp3) is 0.500. The van der Waals surface area contributed by atoms with Gasteiger partial charge in [0.25, 0.3) is 11.8 Å². The Morgan fingerprint density at radius 1 is 1.24 bits per heavy atom. The largest absolute Gasteiger partial charge is 0.385 e. The molecule has 2 aromatic rings. The van der Waals surface area contributed by atoms with Crippen LogP contribution in [0.4, 0.5) is 5.69 Å². The van der Waals surface area contributed by atoms with E-state index in [-0.39, 0.29) is 11.8 Å². The second-order valence-corrected chi connectivity index (χ2v) is 7.36. The highest BCUT2D eigenvalue weighted by atomic mass is 16.5. The number of ether oxygens (including phenoxy) is 1. The average molecular weight is 399 g/mol. The quantitative estimate of drug-likeness (QED) is 0.669. The number of nitrogens with one attached hydrogen (secondary N) is 2. The molecule has 1 aromatic carbocycles. The van der Waals surface area contributed by atoms with Gasteiger partial charge in [0.2, 0.25) is 0 Å². The van der Waals surface area contributed by atoms with Gasteiger partial charge in [-0.1, -0.05) is 25.1 Å². The molecule has 1 aliphatic heterocycles. The van der Waals surface area contributed by atoms with Gasteiger partial charge < -0.3 is 19.9 Å². The van der Waals surface area contributed by atoms with Crippen LogP contribution in [0.25, 0.3) is 0 Å². The lowest BCUT2D eigenvalue weighted by molar-refractivity contribution is 0.0932. The molecule has 3 rings (SSSR count). The monoisotopic (exact) mass is 398 g/mol. The van der Waals surface area contributed by atoms with Crippen molar-refractivity contribution in [3.05, 3.63) is 46.5 Å². The Balaban J connectivity index is 1.85. The summed E-state index contributed by atoms with van der Waals surface area (Å²) in [5.74, 6) is -0.172. The number of benzene rings is 1. The minimum atomic E-state index is -0.252. The van der Waals surface area contributed by atoms with Crippen LogP contribution in [0.2, 0.25) is 0 Å². The van der Waals surface area contributed by atoms with Crippen LogP contribution in [0.1, 0.15) is 64.1 Å². The second kappa shape index (κ2) is 9.69. The maximum atomic E-state index is 13.1. The van der Waals surface area contributed by atoms with Crippen molar-refractivity contribution in [3.8, 4) is 0 Å². The topological polar surface area (TPSA) is 85.2 Å². The zero-order valence-corrected chi connectivity index (χ0v) is 17.5. The molecular weight excluding hydrogens is 368 g/mol. The van der Waals surface area contributed by atoms with E-state index in [9.17, 15) is 9.59 Å². The van der Waals surface area contributed by atoms with E-state index in [1.54, 1.807) is 7.11 Å². The Morgan fingerprint density at radius 3 is 2.83 bits per heavy atom. The molecule has 1 aliphatic rings. The van der Waals surface area contributed by atoms with Crippen molar-refractivity contribution in [3.63, 3.8) is 0 Å². The summed E-state index contributed by atoms with van der Waals surface area (Å²) in [4.78, 5) is 30.2. The number of anilines is 1. The van der Waals surface area contributed by atoms with Gasteiger partial charge in [0.15, 0.2) is 11.5 Å². The van der Waals surface area contributed by atoms with Crippen LogP contribution < -0.4 is 10.6 Å². The summed E-state index contributed by atoms with van der Waals surface area (Å²) in [6.45, 7) is 5.86. The Hall–Kier alpha value is -2.67. The standard InChI is InChI=1S/C22H30N4O3/c1-4-16-10-7-9-15(2)18(16)25-21(27)19-17-11-5-6-13-26(17)20(24-19)22(28)23-12-8-14-29-3/h7,9-10H,4-6,8,11-14H2,1-3H3,(H,23,28)(H,25,27). The molecule has 0 unspecified atom stereocenters. The first-order valence-electron chi connectivity index (χ1n) is 10.3. The van der Waals surface area contributed by atoms with Gasteiger partial charge in [-0.3, -0.25) is 9.59 Å². The molecule has 0 spiro atoms. The molecule has 0 aliphatic carbocycles.